The van der Waals surface area contributed by atoms with Gasteiger partial charge in [-0.05, 0) is 23.3 Å². The highest BCUT2D eigenvalue weighted by atomic mass is 35.5. The number of hydrogen-bond donors (Lipinski definition) is 1. The zero-order valence-electron chi connectivity index (χ0n) is 8.58. The van der Waals surface area contributed by atoms with Crippen molar-refractivity contribution in [2.75, 3.05) is 0 Å². The Morgan fingerprint density at radius 1 is 1.06 bits per heavy atom. The van der Waals surface area contributed by atoms with Crippen LogP contribution < -0.4 is 5.84 Å². The van der Waals surface area contributed by atoms with Crippen LogP contribution in [0.3, 0.4) is 0 Å². The zero-order chi connectivity index (χ0) is 10.5. The minimum atomic E-state index is 0. The van der Waals surface area contributed by atoms with Crippen LogP contribution in [-0.4, -0.2) is 11.2 Å². The summed E-state index contributed by atoms with van der Waals surface area (Å²) in [5.41, 5.74) is 3.22. The lowest BCUT2D eigenvalue weighted by molar-refractivity contribution is 1.26. The number of nitrogens with two attached hydrogens (primary N) is 1. The van der Waals surface area contributed by atoms with Crippen molar-refractivity contribution in [2.45, 2.75) is 0 Å². The molecule has 1 aromatic carbocycles. The lowest BCUT2D eigenvalue weighted by atomic mass is 10.0. The van der Waals surface area contributed by atoms with Crippen LogP contribution in [-0.2, 0) is 0 Å². The molecule has 0 bridgehead atoms. The second kappa shape index (κ2) is 5.88. The lowest BCUT2D eigenvalue weighted by Gasteiger charge is -2.04. The fraction of sp³-hybridized carbons (Fsp3) is 0. The van der Waals surface area contributed by atoms with Crippen LogP contribution in [0.4, 0.5) is 0 Å². The van der Waals surface area contributed by atoms with Gasteiger partial charge >= 0.3 is 0 Å². The summed E-state index contributed by atoms with van der Waals surface area (Å²) in [5, 5.41) is 3.55. The molecule has 0 unspecified atom stereocenters. The molecule has 0 spiro atoms. The molecule has 3 nitrogen and oxygen atoms in total. The van der Waals surface area contributed by atoms with Gasteiger partial charge in [-0.25, -0.2) is 0 Å². The number of nitrogens with zero attached hydrogens (tertiary/aromatic N) is 2. The Morgan fingerprint density at radius 2 is 1.75 bits per heavy atom. The molecule has 16 heavy (non-hydrogen) atoms. The van der Waals surface area contributed by atoms with E-state index in [9.17, 15) is 0 Å². The van der Waals surface area contributed by atoms with Gasteiger partial charge < -0.3 is 5.84 Å². The van der Waals surface area contributed by atoms with Gasteiger partial charge in [0.25, 0.3) is 0 Å². The maximum Gasteiger partial charge on any atom is 0.0544 e. The van der Waals surface area contributed by atoms with Gasteiger partial charge in [0.1, 0.15) is 0 Å². The van der Waals surface area contributed by atoms with E-state index in [1.54, 1.807) is 18.6 Å². The first-order valence-corrected chi connectivity index (χ1v) is 4.64. The molecule has 0 aliphatic carbocycles. The minimum Gasteiger partial charge on any atom is -0.323 e. The fourth-order valence-electron chi connectivity index (χ4n) is 1.48. The van der Waals surface area contributed by atoms with Crippen LogP contribution in [0.25, 0.3) is 11.1 Å². The molecule has 0 amide bonds. The first-order valence-electron chi connectivity index (χ1n) is 4.64. The molecular formula is C12H12ClN3. The minimum absolute atomic E-state index is 0. The summed E-state index contributed by atoms with van der Waals surface area (Å²) in [5.74, 6) is 5.16. The van der Waals surface area contributed by atoms with Gasteiger partial charge in [-0.15, -0.1) is 12.4 Å². The van der Waals surface area contributed by atoms with Crippen LogP contribution in [0, 0.1) is 0 Å². The van der Waals surface area contributed by atoms with E-state index in [2.05, 4.69) is 10.1 Å². The topological polar surface area (TPSA) is 51.3 Å². The maximum atomic E-state index is 5.16. The van der Waals surface area contributed by atoms with E-state index in [0.717, 1.165) is 16.7 Å². The second-order valence-electron chi connectivity index (χ2n) is 3.10. The van der Waals surface area contributed by atoms with Crippen LogP contribution in [0.2, 0.25) is 0 Å². The van der Waals surface area contributed by atoms with Gasteiger partial charge in [0, 0.05) is 18.0 Å². The average Bonchev–Trinajstić information content (AvgIpc) is 2.31. The Bertz CT molecular complexity index is 469. The Balaban J connectivity index is 0.00000128. The average molecular weight is 234 g/mol. The fourth-order valence-corrected chi connectivity index (χ4v) is 1.48. The van der Waals surface area contributed by atoms with E-state index in [4.69, 9.17) is 5.84 Å². The summed E-state index contributed by atoms with van der Waals surface area (Å²) in [6.07, 6.45) is 5.19. The number of hydrazone groups is 1. The maximum absolute atomic E-state index is 5.16. The molecule has 0 fully saturated rings. The summed E-state index contributed by atoms with van der Waals surface area (Å²) < 4.78 is 0. The summed E-state index contributed by atoms with van der Waals surface area (Å²) >= 11 is 0. The Hall–Kier alpha value is -1.87. The first kappa shape index (κ1) is 12.2. The van der Waals surface area contributed by atoms with Crippen molar-refractivity contribution in [1.82, 2.24) is 4.98 Å². The van der Waals surface area contributed by atoms with Gasteiger partial charge in [0.2, 0.25) is 0 Å². The van der Waals surface area contributed by atoms with E-state index in [-0.39, 0.29) is 12.4 Å². The van der Waals surface area contributed by atoms with Crippen LogP contribution in [0.5, 0.6) is 0 Å². The van der Waals surface area contributed by atoms with Crippen molar-refractivity contribution < 1.29 is 0 Å². The molecule has 0 saturated heterocycles. The predicted octanol–water partition coefficient (Wildman–Crippen LogP) is 2.46. The lowest BCUT2D eigenvalue weighted by Crippen LogP contribution is -1.90. The van der Waals surface area contributed by atoms with E-state index >= 15 is 0 Å². The normalized spacial score (nSPS) is 10.0. The molecular weight excluding hydrogens is 222 g/mol. The van der Waals surface area contributed by atoms with Crippen LogP contribution in [0.1, 0.15) is 5.56 Å². The number of pyridine rings is 1. The molecule has 82 valence electrons. The number of aromatic nitrogens is 1. The van der Waals surface area contributed by atoms with Crippen LogP contribution >= 0.6 is 12.4 Å². The highest BCUT2D eigenvalue weighted by Gasteiger charge is 2.01. The molecule has 0 radical (unpaired) electrons. The first-order chi connectivity index (χ1) is 7.42. The Kier molecular flexibility index (Phi) is 4.48. The summed E-state index contributed by atoms with van der Waals surface area (Å²) in [7, 11) is 0. The van der Waals surface area contributed by atoms with Crippen molar-refractivity contribution in [3.05, 3.63) is 54.4 Å². The van der Waals surface area contributed by atoms with E-state index < -0.39 is 0 Å². The number of hydrogen-bond acceptors (Lipinski definition) is 3. The third-order valence-corrected chi connectivity index (χ3v) is 2.17. The molecule has 0 atom stereocenters. The molecule has 0 aliphatic rings. The summed E-state index contributed by atoms with van der Waals surface area (Å²) in [6.45, 7) is 0. The van der Waals surface area contributed by atoms with Gasteiger partial charge in [0.15, 0.2) is 0 Å². The van der Waals surface area contributed by atoms with Gasteiger partial charge in [-0.3, -0.25) is 4.98 Å². The predicted molar refractivity (Wildman–Crippen MR) is 68.7 cm³/mol. The van der Waals surface area contributed by atoms with Gasteiger partial charge in [-0.1, -0.05) is 24.3 Å². The zero-order valence-corrected chi connectivity index (χ0v) is 9.39. The molecule has 1 aromatic heterocycles. The van der Waals surface area contributed by atoms with Crippen molar-refractivity contribution in [3.8, 4) is 11.1 Å². The highest BCUT2D eigenvalue weighted by Crippen LogP contribution is 2.21. The number of benzene rings is 1. The summed E-state index contributed by atoms with van der Waals surface area (Å²) in [4.78, 5) is 3.99. The Labute approximate surface area is 100 Å². The van der Waals surface area contributed by atoms with E-state index in [1.165, 1.54) is 0 Å². The quantitative estimate of drug-likeness (QED) is 0.492. The monoisotopic (exact) mass is 233 g/mol. The smallest absolute Gasteiger partial charge is 0.0544 e. The number of halogens is 1. The van der Waals surface area contributed by atoms with Gasteiger partial charge in [-0.2, -0.15) is 5.10 Å². The molecule has 0 aliphatic heterocycles. The third-order valence-electron chi connectivity index (χ3n) is 2.17. The molecule has 4 heteroatoms. The molecule has 2 rings (SSSR count). The molecule has 2 N–H and O–H groups in total. The summed E-state index contributed by atoms with van der Waals surface area (Å²) in [6, 6.07) is 11.9. The molecule has 1 heterocycles. The van der Waals surface area contributed by atoms with Gasteiger partial charge in [0.05, 0.1) is 6.21 Å². The highest BCUT2D eigenvalue weighted by molar-refractivity contribution is 5.90. The number of rotatable bonds is 2. The van der Waals surface area contributed by atoms with E-state index in [1.807, 2.05) is 36.4 Å². The third kappa shape index (κ3) is 2.58. The van der Waals surface area contributed by atoms with Crippen LogP contribution in [0.15, 0.2) is 53.9 Å². The van der Waals surface area contributed by atoms with Crippen molar-refractivity contribution in [2.24, 2.45) is 10.9 Å². The van der Waals surface area contributed by atoms with E-state index in [0.29, 0.717) is 0 Å². The molecule has 0 saturated carbocycles. The van der Waals surface area contributed by atoms with Crippen molar-refractivity contribution in [3.63, 3.8) is 0 Å². The standard InChI is InChI=1S/C12H11N3.ClH/c13-15-9-11-3-1-2-4-12(11)10-5-7-14-8-6-10;/h1-9H,13H2;1H/b15-9-;. The van der Waals surface area contributed by atoms with Crippen molar-refractivity contribution >= 4 is 18.6 Å². The SMILES string of the molecule is Cl.N/N=C\c1ccccc1-c1ccncc1. The van der Waals surface area contributed by atoms with Crippen molar-refractivity contribution in [1.29, 1.82) is 0 Å². The Morgan fingerprint density at radius 3 is 2.44 bits per heavy atom. The second-order valence-corrected chi connectivity index (χ2v) is 3.10. The molecule has 2 aromatic rings. The largest absolute Gasteiger partial charge is 0.323 e.